The maximum Gasteiger partial charge on any atom is 0.277 e. The molecule has 7 nitrogen and oxygen atoms in total. The van der Waals surface area contributed by atoms with Gasteiger partial charge in [-0.2, -0.15) is 5.10 Å². The molecule has 0 spiro atoms. The highest BCUT2D eigenvalue weighted by molar-refractivity contribution is 7.23. The molecule has 0 aliphatic rings. The van der Waals surface area contributed by atoms with Crippen LogP contribution in [0, 0.1) is 0 Å². The first kappa shape index (κ1) is 13.6. The number of nitrogens with zero attached hydrogens (tertiary/aromatic N) is 4. The second kappa shape index (κ2) is 5.03. The summed E-state index contributed by atoms with van der Waals surface area (Å²) in [4.78, 5) is 28.7. The topological polar surface area (TPSA) is 81.3 Å². The molecule has 1 amide bonds. The van der Waals surface area contributed by atoms with E-state index in [1.165, 1.54) is 30.5 Å². The molecule has 0 fully saturated rings. The predicted molar refractivity (Wildman–Crippen MR) is 88.0 cm³/mol. The average Bonchev–Trinajstić information content (AvgIpc) is 3.08. The minimum Gasteiger partial charge on any atom is -0.304 e. The molecule has 3 aromatic heterocycles. The summed E-state index contributed by atoms with van der Waals surface area (Å²) in [7, 11) is 1.52. The van der Waals surface area contributed by atoms with Gasteiger partial charge in [0.05, 0.1) is 10.2 Å². The Labute approximate surface area is 133 Å². The monoisotopic (exact) mass is 325 g/mol. The first-order chi connectivity index (χ1) is 11.1. The maximum absolute atomic E-state index is 12.3. The van der Waals surface area contributed by atoms with E-state index >= 15 is 0 Å². The smallest absolute Gasteiger partial charge is 0.277 e. The van der Waals surface area contributed by atoms with Gasteiger partial charge >= 0.3 is 0 Å². The highest BCUT2D eigenvalue weighted by Gasteiger charge is 2.15. The Balaban J connectivity index is 1.69. The number of amides is 1. The van der Waals surface area contributed by atoms with Crippen molar-refractivity contribution in [2.45, 2.75) is 0 Å². The average molecular weight is 325 g/mol. The molecule has 0 saturated heterocycles. The molecular formula is C15H11N5O2S. The Bertz CT molecular complexity index is 1110. The fourth-order valence-electron chi connectivity index (χ4n) is 2.31. The molecule has 23 heavy (non-hydrogen) atoms. The third kappa shape index (κ3) is 2.29. The van der Waals surface area contributed by atoms with Crippen LogP contribution in [0.25, 0.3) is 15.2 Å². The number of rotatable bonds is 2. The molecule has 0 radical (unpaired) electrons. The molecule has 0 aliphatic carbocycles. The fourth-order valence-corrected chi connectivity index (χ4v) is 3.32. The maximum atomic E-state index is 12.3. The van der Waals surface area contributed by atoms with Gasteiger partial charge in [0.2, 0.25) is 0 Å². The van der Waals surface area contributed by atoms with Gasteiger partial charge in [-0.05, 0) is 18.2 Å². The number of hydrogen-bond donors (Lipinski definition) is 1. The number of fused-ring (bicyclic) bond motifs is 3. The molecule has 0 atom stereocenters. The lowest BCUT2D eigenvalue weighted by molar-refractivity contribution is 0.102. The third-order valence-corrected chi connectivity index (χ3v) is 4.47. The summed E-state index contributed by atoms with van der Waals surface area (Å²) < 4.78 is 4.17. The molecule has 1 N–H and O–H groups in total. The highest BCUT2D eigenvalue weighted by Crippen LogP contribution is 2.26. The number of aromatic nitrogens is 4. The van der Waals surface area contributed by atoms with Crippen molar-refractivity contribution >= 4 is 38.2 Å². The lowest BCUT2D eigenvalue weighted by Gasteiger charge is -2.03. The Morgan fingerprint density at radius 1 is 1.22 bits per heavy atom. The Kier molecular flexibility index (Phi) is 2.98. The van der Waals surface area contributed by atoms with E-state index in [9.17, 15) is 9.59 Å². The number of aryl methyl sites for hydroxylation is 1. The summed E-state index contributed by atoms with van der Waals surface area (Å²) in [6.07, 6.45) is 1.70. The minimum absolute atomic E-state index is 0.239. The second-order valence-corrected chi connectivity index (χ2v) is 5.99. The summed E-state index contributed by atoms with van der Waals surface area (Å²) in [6, 6.07) is 10.7. The van der Waals surface area contributed by atoms with E-state index in [1.807, 2.05) is 28.7 Å². The highest BCUT2D eigenvalue weighted by atomic mass is 32.1. The molecular weight excluding hydrogens is 314 g/mol. The zero-order valence-electron chi connectivity index (χ0n) is 12.1. The van der Waals surface area contributed by atoms with Gasteiger partial charge in [0.1, 0.15) is 5.69 Å². The van der Waals surface area contributed by atoms with Crippen LogP contribution in [0.15, 0.2) is 47.4 Å². The lowest BCUT2D eigenvalue weighted by atomic mass is 10.3. The Morgan fingerprint density at radius 3 is 2.87 bits per heavy atom. The molecule has 114 valence electrons. The van der Waals surface area contributed by atoms with Gasteiger partial charge in [-0.15, -0.1) is 0 Å². The van der Waals surface area contributed by atoms with Crippen LogP contribution < -0.4 is 10.9 Å². The molecule has 0 unspecified atom stereocenters. The predicted octanol–water partition coefficient (Wildman–Crippen LogP) is 1.89. The molecule has 0 bridgehead atoms. The summed E-state index contributed by atoms with van der Waals surface area (Å²) >= 11 is 1.52. The van der Waals surface area contributed by atoms with E-state index in [2.05, 4.69) is 15.4 Å². The summed E-state index contributed by atoms with van der Waals surface area (Å²) in [5, 5.41) is 6.61. The Hall–Kier alpha value is -3.00. The van der Waals surface area contributed by atoms with E-state index in [-0.39, 0.29) is 11.5 Å². The number of thiazole rings is 1. The fraction of sp³-hybridized carbons (Fsp3) is 0.0667. The van der Waals surface area contributed by atoms with Crippen molar-refractivity contribution in [3.63, 3.8) is 0 Å². The van der Waals surface area contributed by atoms with Crippen molar-refractivity contribution in [1.29, 1.82) is 0 Å². The van der Waals surface area contributed by atoms with Crippen molar-refractivity contribution < 1.29 is 4.79 Å². The van der Waals surface area contributed by atoms with E-state index in [0.29, 0.717) is 11.5 Å². The van der Waals surface area contributed by atoms with Crippen LogP contribution in [-0.2, 0) is 7.05 Å². The number of benzene rings is 1. The number of para-hydroxylation sites is 1. The van der Waals surface area contributed by atoms with E-state index in [0.717, 1.165) is 19.9 Å². The third-order valence-electron chi connectivity index (χ3n) is 3.43. The zero-order valence-corrected chi connectivity index (χ0v) is 12.9. The van der Waals surface area contributed by atoms with Crippen LogP contribution in [0.3, 0.4) is 0 Å². The van der Waals surface area contributed by atoms with Gasteiger partial charge < -0.3 is 5.32 Å². The molecule has 1 aromatic carbocycles. The normalized spacial score (nSPS) is 11.2. The molecule has 8 heteroatoms. The van der Waals surface area contributed by atoms with Crippen LogP contribution in [0.4, 0.5) is 5.82 Å². The first-order valence-corrected chi connectivity index (χ1v) is 7.66. The van der Waals surface area contributed by atoms with Gasteiger partial charge in [0.15, 0.2) is 10.8 Å². The molecule has 4 aromatic rings. The number of carbonyl (C=O) groups is 1. The first-order valence-electron chi connectivity index (χ1n) is 6.84. The van der Waals surface area contributed by atoms with Gasteiger partial charge in [-0.3, -0.25) is 14.0 Å². The number of hydrogen-bond acceptors (Lipinski definition) is 5. The number of nitrogens with one attached hydrogen (secondary N) is 1. The van der Waals surface area contributed by atoms with Crippen molar-refractivity contribution in [3.8, 4) is 0 Å². The largest absolute Gasteiger partial charge is 0.304 e. The van der Waals surface area contributed by atoms with Crippen LogP contribution in [0.2, 0.25) is 0 Å². The Morgan fingerprint density at radius 2 is 2.04 bits per heavy atom. The summed E-state index contributed by atoms with van der Waals surface area (Å²) in [5.41, 5.74) is 1.08. The number of carbonyl (C=O) groups excluding carboxylic acids is 1. The van der Waals surface area contributed by atoms with Crippen molar-refractivity contribution in [3.05, 3.63) is 58.6 Å². The molecule has 3 heterocycles. The minimum atomic E-state index is -0.365. The number of anilines is 1. The van der Waals surface area contributed by atoms with Crippen LogP contribution in [0.1, 0.15) is 10.5 Å². The molecule has 4 rings (SSSR count). The van der Waals surface area contributed by atoms with Crippen LogP contribution in [0.5, 0.6) is 0 Å². The van der Waals surface area contributed by atoms with Gasteiger partial charge in [0, 0.05) is 19.3 Å². The van der Waals surface area contributed by atoms with Gasteiger partial charge in [-0.25, -0.2) is 9.67 Å². The number of imidazole rings is 1. The van der Waals surface area contributed by atoms with Crippen molar-refractivity contribution in [2.24, 2.45) is 7.05 Å². The van der Waals surface area contributed by atoms with E-state index < -0.39 is 0 Å². The quantitative estimate of drug-likeness (QED) is 0.610. The van der Waals surface area contributed by atoms with Crippen molar-refractivity contribution in [1.82, 2.24) is 19.2 Å². The van der Waals surface area contributed by atoms with E-state index in [4.69, 9.17) is 0 Å². The second-order valence-electron chi connectivity index (χ2n) is 4.98. The molecule has 0 saturated carbocycles. The van der Waals surface area contributed by atoms with E-state index in [1.54, 1.807) is 6.20 Å². The van der Waals surface area contributed by atoms with Gasteiger partial charge in [0.25, 0.3) is 11.5 Å². The van der Waals surface area contributed by atoms with Crippen LogP contribution in [-0.4, -0.2) is 25.1 Å². The summed E-state index contributed by atoms with van der Waals surface area (Å²) in [6.45, 7) is 0. The van der Waals surface area contributed by atoms with Gasteiger partial charge in [-0.1, -0.05) is 23.5 Å². The van der Waals surface area contributed by atoms with Crippen LogP contribution >= 0.6 is 11.3 Å². The lowest BCUT2D eigenvalue weighted by Crippen LogP contribution is -2.21. The van der Waals surface area contributed by atoms with Crippen molar-refractivity contribution in [2.75, 3.05) is 5.32 Å². The SMILES string of the molecule is Cn1nc(NC(=O)c2cn3c(n2)sc2ccccc23)ccc1=O. The zero-order chi connectivity index (χ0) is 16.0. The summed E-state index contributed by atoms with van der Waals surface area (Å²) in [5.74, 6) is -0.0607. The standard InChI is InChI=1S/C15H11N5O2S/c1-19-13(21)7-6-12(18-19)17-14(22)9-8-20-10-4-2-3-5-11(10)23-15(20)16-9/h2-8H,1H3,(H,17,18,22). The molecule has 0 aliphatic heterocycles.